The van der Waals surface area contributed by atoms with Crippen LogP contribution in [0.2, 0.25) is 5.15 Å². The number of hydrogen-bond donors (Lipinski definition) is 0. The lowest BCUT2D eigenvalue weighted by Gasteiger charge is -2.47. The summed E-state index contributed by atoms with van der Waals surface area (Å²) in [5.41, 5.74) is -0.635. The normalized spacial score (nSPS) is 18.7. The van der Waals surface area contributed by atoms with Crippen molar-refractivity contribution in [3.05, 3.63) is 10.7 Å². The van der Waals surface area contributed by atoms with Crippen LogP contribution >= 0.6 is 11.6 Å². The van der Waals surface area contributed by atoms with Gasteiger partial charge in [0.1, 0.15) is 17.2 Å². The quantitative estimate of drug-likeness (QED) is 0.518. The Morgan fingerprint density at radius 1 is 1.29 bits per heavy atom. The van der Waals surface area contributed by atoms with E-state index in [1.54, 1.807) is 4.90 Å². The number of carbonyl (C=O) groups is 1. The Kier molecular flexibility index (Phi) is 4.96. The van der Waals surface area contributed by atoms with Crippen molar-refractivity contribution in [2.45, 2.75) is 37.9 Å². The molecule has 28 heavy (non-hydrogen) atoms. The SMILES string of the molecule is CC(C)(C)OC(=O)N1CC2(CCN(c3nc(S(C)(=O)=O)nc(Cl)c3C#N)C2)C1. The van der Waals surface area contributed by atoms with Crippen molar-refractivity contribution in [2.24, 2.45) is 5.41 Å². The van der Waals surface area contributed by atoms with E-state index in [1.165, 1.54) is 0 Å². The van der Waals surface area contributed by atoms with Crippen molar-refractivity contribution in [3.8, 4) is 6.07 Å². The van der Waals surface area contributed by atoms with Gasteiger partial charge in [0.15, 0.2) is 11.0 Å². The summed E-state index contributed by atoms with van der Waals surface area (Å²) in [5, 5.41) is 8.83. The largest absolute Gasteiger partial charge is 0.444 e. The summed E-state index contributed by atoms with van der Waals surface area (Å²) in [4.78, 5) is 23.5. The van der Waals surface area contributed by atoms with Gasteiger partial charge in [0.25, 0.3) is 0 Å². The average molecular weight is 428 g/mol. The summed E-state index contributed by atoms with van der Waals surface area (Å²) in [6.07, 6.45) is 1.43. The number of hydrogen-bond acceptors (Lipinski definition) is 8. The standard InChI is InChI=1S/C17H22ClN5O4S/c1-16(2,3)27-15(24)23-9-17(10-23)5-6-22(8-17)13-11(7-19)12(18)20-14(21-13)28(4,25)26/h5-6,8-10H2,1-4H3. The van der Waals surface area contributed by atoms with E-state index in [0.29, 0.717) is 26.2 Å². The lowest BCUT2D eigenvalue weighted by Crippen LogP contribution is -2.60. The van der Waals surface area contributed by atoms with Crippen LogP contribution in [0.5, 0.6) is 0 Å². The second-order valence-electron chi connectivity index (χ2n) is 8.39. The zero-order valence-corrected chi connectivity index (χ0v) is 17.8. The van der Waals surface area contributed by atoms with Crippen molar-refractivity contribution in [3.63, 3.8) is 0 Å². The summed E-state index contributed by atoms with van der Waals surface area (Å²) in [6, 6.07) is 1.96. The van der Waals surface area contributed by atoms with Crippen molar-refractivity contribution in [1.29, 1.82) is 5.26 Å². The summed E-state index contributed by atoms with van der Waals surface area (Å²) >= 11 is 6.03. The topological polar surface area (TPSA) is 116 Å². The number of rotatable bonds is 2. The van der Waals surface area contributed by atoms with E-state index in [-0.39, 0.29) is 28.0 Å². The van der Waals surface area contributed by atoms with E-state index < -0.39 is 20.6 Å². The van der Waals surface area contributed by atoms with Crippen molar-refractivity contribution in [1.82, 2.24) is 14.9 Å². The number of sulfone groups is 1. The molecule has 2 aliphatic rings. The van der Waals surface area contributed by atoms with E-state index in [1.807, 2.05) is 31.7 Å². The average Bonchev–Trinajstić information content (AvgIpc) is 2.95. The summed E-state index contributed by atoms with van der Waals surface area (Å²) in [5.74, 6) is 0.218. The molecule has 1 aromatic heterocycles. The molecule has 0 aromatic carbocycles. The third-order valence-electron chi connectivity index (χ3n) is 4.71. The maximum atomic E-state index is 12.2. The minimum absolute atomic E-state index is 0.0504. The van der Waals surface area contributed by atoms with Gasteiger partial charge in [0, 0.05) is 37.8 Å². The zero-order chi connectivity index (χ0) is 20.9. The highest BCUT2D eigenvalue weighted by Crippen LogP contribution is 2.42. The Bertz CT molecular complexity index is 961. The van der Waals surface area contributed by atoms with Crippen molar-refractivity contribution in [2.75, 3.05) is 37.3 Å². The predicted octanol–water partition coefficient (Wildman–Crippen LogP) is 1.85. The van der Waals surface area contributed by atoms with Crippen LogP contribution in [0, 0.1) is 16.7 Å². The lowest BCUT2D eigenvalue weighted by atomic mass is 9.79. The molecule has 1 spiro atoms. The minimum atomic E-state index is -3.67. The Labute approximate surface area is 169 Å². The summed E-state index contributed by atoms with van der Waals surface area (Å²) in [7, 11) is -3.67. The molecule has 2 saturated heterocycles. The molecular formula is C17H22ClN5O4S. The van der Waals surface area contributed by atoms with Gasteiger partial charge in [-0.15, -0.1) is 0 Å². The van der Waals surface area contributed by atoms with Crippen molar-refractivity contribution >= 4 is 33.3 Å². The fraction of sp³-hybridized carbons (Fsp3) is 0.647. The Morgan fingerprint density at radius 2 is 1.93 bits per heavy atom. The summed E-state index contributed by atoms with van der Waals surface area (Å²) < 4.78 is 29.1. The number of likely N-dealkylation sites (tertiary alicyclic amines) is 1. The minimum Gasteiger partial charge on any atom is -0.444 e. The van der Waals surface area contributed by atoms with Gasteiger partial charge in [0.2, 0.25) is 15.0 Å². The third kappa shape index (κ3) is 4.00. The first-order chi connectivity index (χ1) is 12.8. The van der Waals surface area contributed by atoms with Gasteiger partial charge in [-0.1, -0.05) is 11.6 Å². The smallest absolute Gasteiger partial charge is 0.410 e. The van der Waals surface area contributed by atoms with Crippen LogP contribution in [0.15, 0.2) is 5.16 Å². The molecule has 1 amide bonds. The van der Waals surface area contributed by atoms with E-state index in [0.717, 1.165) is 12.7 Å². The van der Waals surface area contributed by atoms with Crippen LogP contribution in [0.25, 0.3) is 0 Å². The van der Waals surface area contributed by atoms with Crippen LogP contribution in [0.1, 0.15) is 32.8 Å². The van der Waals surface area contributed by atoms with Gasteiger partial charge in [0.05, 0.1) is 0 Å². The molecule has 0 atom stereocenters. The number of aromatic nitrogens is 2. The molecule has 1 aromatic rings. The molecule has 2 fully saturated rings. The number of amides is 1. The number of ether oxygens (including phenoxy) is 1. The number of carbonyl (C=O) groups excluding carboxylic acids is 1. The molecule has 152 valence electrons. The fourth-order valence-corrected chi connectivity index (χ4v) is 4.25. The highest BCUT2D eigenvalue weighted by Gasteiger charge is 2.51. The van der Waals surface area contributed by atoms with Crippen LogP contribution < -0.4 is 4.90 Å². The second kappa shape index (κ2) is 6.74. The lowest BCUT2D eigenvalue weighted by molar-refractivity contribution is -0.0266. The Balaban J connectivity index is 1.78. The van der Waals surface area contributed by atoms with E-state index >= 15 is 0 Å². The van der Waals surface area contributed by atoms with Gasteiger partial charge in [-0.05, 0) is 27.2 Å². The molecule has 0 N–H and O–H groups in total. The Morgan fingerprint density at radius 3 is 2.46 bits per heavy atom. The van der Waals surface area contributed by atoms with Gasteiger partial charge >= 0.3 is 6.09 Å². The highest BCUT2D eigenvalue weighted by molar-refractivity contribution is 7.90. The number of halogens is 1. The fourth-order valence-electron chi connectivity index (χ4n) is 3.49. The first-order valence-electron chi connectivity index (χ1n) is 8.74. The second-order valence-corrected chi connectivity index (χ2v) is 10.7. The molecule has 0 unspecified atom stereocenters. The molecule has 0 saturated carbocycles. The molecular weight excluding hydrogens is 406 g/mol. The molecule has 0 aliphatic carbocycles. The van der Waals surface area contributed by atoms with E-state index in [2.05, 4.69) is 9.97 Å². The van der Waals surface area contributed by atoms with Crippen molar-refractivity contribution < 1.29 is 17.9 Å². The molecule has 0 radical (unpaired) electrons. The number of nitrogens with zero attached hydrogens (tertiary/aromatic N) is 5. The highest BCUT2D eigenvalue weighted by atomic mass is 35.5. The van der Waals surface area contributed by atoms with Crippen LogP contribution in [0.4, 0.5) is 10.6 Å². The molecule has 3 rings (SSSR count). The molecule has 0 bridgehead atoms. The number of anilines is 1. The van der Waals surface area contributed by atoms with Crippen LogP contribution in [-0.2, 0) is 14.6 Å². The van der Waals surface area contributed by atoms with E-state index in [9.17, 15) is 18.5 Å². The first kappa shape index (κ1) is 20.6. The van der Waals surface area contributed by atoms with Gasteiger partial charge < -0.3 is 14.5 Å². The first-order valence-corrected chi connectivity index (χ1v) is 11.0. The maximum absolute atomic E-state index is 12.2. The maximum Gasteiger partial charge on any atom is 0.410 e. The van der Waals surface area contributed by atoms with Crippen LogP contribution in [-0.4, -0.2) is 67.4 Å². The molecule has 11 heteroatoms. The predicted molar refractivity (Wildman–Crippen MR) is 102 cm³/mol. The third-order valence-corrected chi connectivity index (χ3v) is 5.83. The van der Waals surface area contributed by atoms with Gasteiger partial charge in [-0.25, -0.2) is 18.2 Å². The summed E-state index contributed by atoms with van der Waals surface area (Å²) in [6.45, 7) is 7.65. The number of nitriles is 1. The monoisotopic (exact) mass is 427 g/mol. The van der Waals surface area contributed by atoms with Gasteiger partial charge in [-0.2, -0.15) is 10.2 Å². The van der Waals surface area contributed by atoms with Gasteiger partial charge in [-0.3, -0.25) is 0 Å². The molecule has 2 aliphatic heterocycles. The molecule has 9 nitrogen and oxygen atoms in total. The molecule has 3 heterocycles. The Hall–Kier alpha value is -2.12. The van der Waals surface area contributed by atoms with E-state index in [4.69, 9.17) is 16.3 Å². The zero-order valence-electron chi connectivity index (χ0n) is 16.2. The van der Waals surface area contributed by atoms with Crippen LogP contribution in [0.3, 0.4) is 0 Å².